The molecule has 2 aromatic rings. The van der Waals surface area contributed by atoms with E-state index >= 15 is 0 Å². The lowest BCUT2D eigenvalue weighted by Gasteiger charge is -2.08. The van der Waals surface area contributed by atoms with Crippen LogP contribution in [0.1, 0.15) is 16.8 Å². The number of hydrogen-bond donors (Lipinski definition) is 2. The van der Waals surface area contributed by atoms with Crippen molar-refractivity contribution in [1.82, 2.24) is 9.88 Å². The summed E-state index contributed by atoms with van der Waals surface area (Å²) in [5.74, 6) is -1.13. The molecule has 0 radical (unpaired) electrons. The van der Waals surface area contributed by atoms with E-state index in [1.54, 1.807) is 29.1 Å². The quantitative estimate of drug-likeness (QED) is 0.630. The number of ether oxygens (including phenoxy) is 1. The lowest BCUT2D eigenvalue weighted by atomic mass is 10.2. The van der Waals surface area contributed by atoms with E-state index in [0.29, 0.717) is 18.7 Å². The molecule has 2 rings (SSSR count). The van der Waals surface area contributed by atoms with Gasteiger partial charge in [-0.25, -0.2) is 14.0 Å². The number of aromatic nitrogens is 1. The number of amides is 2. The third kappa shape index (κ3) is 4.08. The van der Waals surface area contributed by atoms with Gasteiger partial charge in [-0.2, -0.15) is 0 Å². The highest BCUT2D eigenvalue weighted by atomic mass is 19.1. The first-order valence-electron chi connectivity index (χ1n) is 6.71. The van der Waals surface area contributed by atoms with Crippen LogP contribution in [0.4, 0.5) is 9.18 Å². The molecule has 1 heterocycles. The fraction of sp³-hybridized carbons (Fsp3) is 0.200. The van der Waals surface area contributed by atoms with Crippen molar-refractivity contribution >= 4 is 12.0 Å². The number of carbonyl (C=O) groups excluding carboxylic acids is 2. The first-order valence-corrected chi connectivity index (χ1v) is 6.71. The molecule has 0 aliphatic rings. The number of urea groups is 1. The van der Waals surface area contributed by atoms with Crippen LogP contribution in [0, 0.1) is 5.82 Å². The molecule has 0 unspecified atom stereocenters. The monoisotopic (exact) mass is 305 g/mol. The Bertz CT molecular complexity index is 656. The summed E-state index contributed by atoms with van der Waals surface area (Å²) in [4.78, 5) is 22.2. The normalized spacial score (nSPS) is 10.2. The van der Waals surface area contributed by atoms with Gasteiger partial charge < -0.3 is 20.4 Å². The molecule has 7 heteroatoms. The molecular weight excluding hydrogens is 289 g/mol. The summed E-state index contributed by atoms with van der Waals surface area (Å²) in [5, 5.41) is 2.38. The first-order chi connectivity index (χ1) is 10.6. The van der Waals surface area contributed by atoms with E-state index in [1.165, 1.54) is 12.1 Å². The number of rotatable bonds is 6. The molecular formula is C15H16FN3O3. The second kappa shape index (κ2) is 7.26. The lowest BCUT2D eigenvalue weighted by Crippen LogP contribution is -2.30. The minimum Gasteiger partial charge on any atom is -0.462 e. The highest BCUT2D eigenvalue weighted by molar-refractivity contribution is 5.89. The Labute approximate surface area is 126 Å². The van der Waals surface area contributed by atoms with Crippen molar-refractivity contribution in [2.45, 2.75) is 6.42 Å². The van der Waals surface area contributed by atoms with Crippen molar-refractivity contribution < 1.29 is 18.7 Å². The van der Waals surface area contributed by atoms with Crippen LogP contribution in [0.3, 0.4) is 0 Å². The SMILES string of the molecule is NC(=O)NCCCOC(=O)c1ccc(-n2cccc2)c(F)c1. The number of benzene rings is 1. The minimum absolute atomic E-state index is 0.111. The summed E-state index contributed by atoms with van der Waals surface area (Å²) < 4.78 is 20.6. The summed E-state index contributed by atoms with van der Waals surface area (Å²) in [6.07, 6.45) is 3.85. The standard InChI is InChI=1S/C15H16FN3O3/c16-12-10-11(4-5-13(12)19-7-1-2-8-19)14(20)22-9-3-6-18-15(17)21/h1-2,4-5,7-8,10H,3,6,9H2,(H3,17,18,21). The second-order valence-corrected chi connectivity index (χ2v) is 4.54. The predicted molar refractivity (Wildman–Crippen MR) is 78.2 cm³/mol. The number of nitrogens with zero attached hydrogens (tertiary/aromatic N) is 1. The van der Waals surface area contributed by atoms with Gasteiger partial charge >= 0.3 is 12.0 Å². The summed E-state index contributed by atoms with van der Waals surface area (Å²) in [7, 11) is 0. The van der Waals surface area contributed by atoms with Crippen LogP contribution >= 0.6 is 0 Å². The molecule has 0 aliphatic carbocycles. The van der Waals surface area contributed by atoms with Gasteiger partial charge in [0.05, 0.1) is 17.9 Å². The van der Waals surface area contributed by atoms with Gasteiger partial charge in [0.15, 0.2) is 0 Å². The highest BCUT2D eigenvalue weighted by Crippen LogP contribution is 2.16. The molecule has 0 aliphatic heterocycles. The maximum Gasteiger partial charge on any atom is 0.338 e. The third-order valence-corrected chi connectivity index (χ3v) is 2.92. The Balaban J connectivity index is 1.91. The molecule has 3 N–H and O–H groups in total. The van der Waals surface area contributed by atoms with Crippen molar-refractivity contribution in [1.29, 1.82) is 0 Å². The van der Waals surface area contributed by atoms with E-state index in [2.05, 4.69) is 5.32 Å². The largest absolute Gasteiger partial charge is 0.462 e. The molecule has 0 fully saturated rings. The van der Waals surface area contributed by atoms with Crippen LogP contribution in [0.5, 0.6) is 0 Å². The van der Waals surface area contributed by atoms with E-state index in [4.69, 9.17) is 10.5 Å². The average molecular weight is 305 g/mol. The zero-order chi connectivity index (χ0) is 15.9. The van der Waals surface area contributed by atoms with Gasteiger partial charge in [-0.05, 0) is 36.8 Å². The predicted octanol–water partition coefficient (Wildman–Crippen LogP) is 1.83. The Morgan fingerprint density at radius 2 is 2.00 bits per heavy atom. The van der Waals surface area contributed by atoms with Crippen LogP contribution in [-0.2, 0) is 4.74 Å². The Kier molecular flexibility index (Phi) is 5.13. The summed E-state index contributed by atoms with van der Waals surface area (Å²) in [6, 6.07) is 7.08. The van der Waals surface area contributed by atoms with Crippen LogP contribution in [0.2, 0.25) is 0 Å². The van der Waals surface area contributed by atoms with Crippen molar-refractivity contribution in [2.75, 3.05) is 13.2 Å². The van der Waals surface area contributed by atoms with Gasteiger partial charge in [-0.15, -0.1) is 0 Å². The van der Waals surface area contributed by atoms with E-state index in [9.17, 15) is 14.0 Å². The Hall–Kier alpha value is -2.83. The fourth-order valence-corrected chi connectivity index (χ4v) is 1.87. The molecule has 2 amide bonds. The Morgan fingerprint density at radius 3 is 2.64 bits per heavy atom. The molecule has 116 valence electrons. The number of primary amides is 1. The average Bonchev–Trinajstić information content (AvgIpc) is 3.00. The maximum absolute atomic E-state index is 14.0. The molecule has 22 heavy (non-hydrogen) atoms. The van der Waals surface area contributed by atoms with Gasteiger partial charge in [0, 0.05) is 18.9 Å². The van der Waals surface area contributed by atoms with Crippen LogP contribution < -0.4 is 11.1 Å². The lowest BCUT2D eigenvalue weighted by molar-refractivity contribution is 0.0501. The minimum atomic E-state index is -0.631. The smallest absolute Gasteiger partial charge is 0.338 e. The van der Waals surface area contributed by atoms with Crippen molar-refractivity contribution in [3.8, 4) is 5.69 Å². The van der Waals surface area contributed by atoms with Gasteiger partial charge in [-0.3, -0.25) is 0 Å². The molecule has 0 atom stereocenters. The molecule has 1 aromatic carbocycles. The van der Waals surface area contributed by atoms with Gasteiger partial charge in [0.1, 0.15) is 5.82 Å². The highest BCUT2D eigenvalue weighted by Gasteiger charge is 2.11. The number of halogens is 1. The number of esters is 1. The molecule has 0 spiro atoms. The molecule has 0 saturated heterocycles. The second-order valence-electron chi connectivity index (χ2n) is 4.54. The van der Waals surface area contributed by atoms with Crippen LogP contribution in [0.25, 0.3) is 5.69 Å². The third-order valence-electron chi connectivity index (χ3n) is 2.92. The number of nitrogens with two attached hydrogens (primary N) is 1. The zero-order valence-corrected chi connectivity index (χ0v) is 11.8. The van der Waals surface area contributed by atoms with E-state index in [-0.39, 0.29) is 12.2 Å². The molecule has 6 nitrogen and oxygen atoms in total. The van der Waals surface area contributed by atoms with Crippen LogP contribution in [0.15, 0.2) is 42.7 Å². The van der Waals surface area contributed by atoms with Gasteiger partial charge in [-0.1, -0.05) is 0 Å². The summed E-state index contributed by atoms with van der Waals surface area (Å²) in [5.41, 5.74) is 5.38. The first kappa shape index (κ1) is 15.6. The maximum atomic E-state index is 14.0. The van der Waals surface area contributed by atoms with Crippen molar-refractivity contribution in [3.63, 3.8) is 0 Å². The number of carbonyl (C=O) groups is 2. The molecule has 1 aromatic heterocycles. The number of nitrogens with one attached hydrogen (secondary N) is 1. The molecule has 0 bridgehead atoms. The van der Waals surface area contributed by atoms with E-state index < -0.39 is 17.8 Å². The summed E-state index contributed by atoms with van der Waals surface area (Å²) >= 11 is 0. The van der Waals surface area contributed by atoms with Crippen molar-refractivity contribution in [2.24, 2.45) is 5.73 Å². The Morgan fingerprint density at radius 1 is 1.27 bits per heavy atom. The number of hydrogen-bond acceptors (Lipinski definition) is 3. The van der Waals surface area contributed by atoms with E-state index in [1.807, 2.05) is 0 Å². The molecule has 0 saturated carbocycles. The topological polar surface area (TPSA) is 86.4 Å². The van der Waals surface area contributed by atoms with E-state index in [0.717, 1.165) is 6.07 Å². The zero-order valence-electron chi connectivity index (χ0n) is 11.8. The van der Waals surface area contributed by atoms with Crippen LogP contribution in [-0.4, -0.2) is 29.7 Å². The van der Waals surface area contributed by atoms with Gasteiger partial charge in [0.2, 0.25) is 0 Å². The van der Waals surface area contributed by atoms with Crippen molar-refractivity contribution in [3.05, 3.63) is 54.1 Å². The summed E-state index contributed by atoms with van der Waals surface area (Å²) in [6.45, 7) is 0.420. The fourth-order valence-electron chi connectivity index (χ4n) is 1.87. The van der Waals surface area contributed by atoms with Gasteiger partial charge in [0.25, 0.3) is 0 Å².